The molecule has 0 radical (unpaired) electrons. The molecule has 0 unspecified atom stereocenters. The second kappa shape index (κ2) is 2.90. The minimum atomic E-state index is 0.764. The predicted octanol–water partition coefficient (Wildman–Crippen LogP) is 2.46. The molecular weight excluding hydrogens is 160 g/mol. The molecule has 0 spiro atoms. The van der Waals surface area contributed by atoms with Gasteiger partial charge in [-0.15, -0.1) is 0 Å². The van der Waals surface area contributed by atoms with Gasteiger partial charge in [0.1, 0.15) is 0 Å². The lowest BCUT2D eigenvalue weighted by Crippen LogP contribution is -1.89. The number of hydrogen-bond acceptors (Lipinski definition) is 2. The number of hydrogen-bond donors (Lipinski definition) is 1. The first-order valence-electron chi connectivity index (χ1n) is 4.09. The Morgan fingerprint density at radius 3 is 2.85 bits per heavy atom. The normalized spacial score (nSPS) is 10.2. The Labute approximate surface area is 76.7 Å². The number of anilines is 1. The van der Waals surface area contributed by atoms with Crippen LogP contribution in [-0.2, 0) is 0 Å². The van der Waals surface area contributed by atoms with Crippen LogP contribution in [0.5, 0.6) is 0 Å². The maximum Gasteiger partial charge on any atom is 0.0729 e. The van der Waals surface area contributed by atoms with E-state index in [9.17, 15) is 0 Å². The zero-order valence-corrected chi connectivity index (χ0v) is 7.20. The van der Waals surface area contributed by atoms with Crippen molar-refractivity contribution in [1.29, 1.82) is 0 Å². The molecule has 0 fully saturated rings. The van der Waals surface area contributed by atoms with Gasteiger partial charge < -0.3 is 5.73 Å². The summed E-state index contributed by atoms with van der Waals surface area (Å²) < 4.78 is 0. The molecular formula is C11H10N2. The fraction of sp³-hybridized carbons (Fsp3) is 0. The van der Waals surface area contributed by atoms with Gasteiger partial charge in [-0.25, -0.2) is 4.98 Å². The fourth-order valence-corrected chi connectivity index (χ4v) is 1.31. The highest BCUT2D eigenvalue weighted by Gasteiger charge is 1.97. The van der Waals surface area contributed by atoms with E-state index >= 15 is 0 Å². The quantitative estimate of drug-likeness (QED) is 0.668. The molecule has 0 saturated carbocycles. The van der Waals surface area contributed by atoms with Gasteiger partial charge in [-0.1, -0.05) is 12.6 Å². The first-order chi connectivity index (χ1) is 6.31. The van der Waals surface area contributed by atoms with Crippen LogP contribution < -0.4 is 5.73 Å². The van der Waals surface area contributed by atoms with Crippen molar-refractivity contribution < 1.29 is 0 Å². The van der Waals surface area contributed by atoms with Gasteiger partial charge >= 0.3 is 0 Å². The van der Waals surface area contributed by atoms with Crippen molar-refractivity contribution in [2.24, 2.45) is 0 Å². The molecule has 13 heavy (non-hydrogen) atoms. The number of nitrogens with two attached hydrogens (primary N) is 1. The lowest BCUT2D eigenvalue weighted by molar-refractivity contribution is 1.37. The molecule has 2 rings (SSSR count). The van der Waals surface area contributed by atoms with Gasteiger partial charge in [-0.2, -0.15) is 0 Å². The minimum absolute atomic E-state index is 0.764. The van der Waals surface area contributed by atoms with E-state index in [0.29, 0.717) is 0 Å². The SMILES string of the molecule is C=Cc1ccc2c(N)cccc2n1. The van der Waals surface area contributed by atoms with Gasteiger partial charge in [0.05, 0.1) is 11.2 Å². The topological polar surface area (TPSA) is 38.9 Å². The molecule has 2 nitrogen and oxygen atoms in total. The number of fused-ring (bicyclic) bond motifs is 1. The average molecular weight is 170 g/mol. The van der Waals surface area contributed by atoms with E-state index in [4.69, 9.17) is 5.73 Å². The van der Waals surface area contributed by atoms with Crippen LogP contribution in [0, 0.1) is 0 Å². The summed E-state index contributed by atoms with van der Waals surface area (Å²) >= 11 is 0. The van der Waals surface area contributed by atoms with Crippen molar-refractivity contribution in [2.45, 2.75) is 0 Å². The molecule has 0 aliphatic rings. The highest BCUT2D eigenvalue weighted by Crippen LogP contribution is 2.19. The van der Waals surface area contributed by atoms with Crippen LogP contribution in [0.25, 0.3) is 17.0 Å². The molecule has 0 aliphatic heterocycles. The zero-order chi connectivity index (χ0) is 9.26. The van der Waals surface area contributed by atoms with Crippen molar-refractivity contribution in [3.8, 4) is 0 Å². The van der Waals surface area contributed by atoms with Crippen LogP contribution in [0.4, 0.5) is 5.69 Å². The molecule has 0 amide bonds. The summed E-state index contributed by atoms with van der Waals surface area (Å²) in [5, 5.41) is 0.994. The fourth-order valence-electron chi connectivity index (χ4n) is 1.31. The molecule has 1 aromatic heterocycles. The zero-order valence-electron chi connectivity index (χ0n) is 7.20. The Morgan fingerprint density at radius 1 is 1.23 bits per heavy atom. The lowest BCUT2D eigenvalue weighted by atomic mass is 10.1. The number of rotatable bonds is 1. The molecule has 1 aromatic carbocycles. The van der Waals surface area contributed by atoms with Crippen LogP contribution in [0.3, 0.4) is 0 Å². The molecule has 0 bridgehead atoms. The van der Waals surface area contributed by atoms with Crippen LogP contribution in [0.15, 0.2) is 36.9 Å². The van der Waals surface area contributed by atoms with Crippen LogP contribution in [0.1, 0.15) is 5.69 Å². The van der Waals surface area contributed by atoms with E-state index in [0.717, 1.165) is 22.3 Å². The summed E-state index contributed by atoms with van der Waals surface area (Å²) in [7, 11) is 0. The Kier molecular flexibility index (Phi) is 1.74. The number of nitrogen functional groups attached to an aromatic ring is 1. The summed E-state index contributed by atoms with van der Waals surface area (Å²) in [6.45, 7) is 3.67. The highest BCUT2D eigenvalue weighted by molar-refractivity contribution is 5.90. The summed E-state index contributed by atoms with van der Waals surface area (Å²) in [5.41, 5.74) is 8.33. The van der Waals surface area contributed by atoms with Crippen LogP contribution in [-0.4, -0.2) is 4.98 Å². The molecule has 0 aliphatic carbocycles. The van der Waals surface area contributed by atoms with Crippen LogP contribution in [0.2, 0.25) is 0 Å². The van der Waals surface area contributed by atoms with E-state index < -0.39 is 0 Å². The smallest absolute Gasteiger partial charge is 0.0729 e. The van der Waals surface area contributed by atoms with Gasteiger partial charge in [0.2, 0.25) is 0 Å². The maximum atomic E-state index is 5.78. The second-order valence-electron chi connectivity index (χ2n) is 2.85. The summed E-state index contributed by atoms with van der Waals surface area (Å²) in [6, 6.07) is 9.59. The highest BCUT2D eigenvalue weighted by atomic mass is 14.7. The van der Waals surface area contributed by atoms with E-state index in [1.807, 2.05) is 30.3 Å². The minimum Gasteiger partial charge on any atom is -0.398 e. The predicted molar refractivity (Wildman–Crippen MR) is 56.2 cm³/mol. The molecule has 2 aromatic rings. The van der Waals surface area contributed by atoms with Gasteiger partial charge in [-0.3, -0.25) is 0 Å². The monoisotopic (exact) mass is 170 g/mol. The molecule has 1 heterocycles. The van der Waals surface area contributed by atoms with Crippen molar-refractivity contribution >= 4 is 22.7 Å². The Hall–Kier alpha value is -1.83. The Balaban J connectivity index is 2.79. The first-order valence-corrected chi connectivity index (χ1v) is 4.09. The van der Waals surface area contributed by atoms with Gasteiger partial charge in [0.15, 0.2) is 0 Å². The van der Waals surface area contributed by atoms with E-state index in [-0.39, 0.29) is 0 Å². The van der Waals surface area contributed by atoms with Crippen molar-refractivity contribution in [1.82, 2.24) is 4.98 Å². The molecule has 0 saturated heterocycles. The van der Waals surface area contributed by atoms with Crippen molar-refractivity contribution in [3.63, 3.8) is 0 Å². The van der Waals surface area contributed by atoms with E-state index in [2.05, 4.69) is 11.6 Å². The third kappa shape index (κ3) is 1.26. The number of benzene rings is 1. The molecule has 2 N–H and O–H groups in total. The number of aromatic nitrogens is 1. The number of nitrogens with zero attached hydrogens (tertiary/aromatic N) is 1. The summed E-state index contributed by atoms with van der Waals surface area (Å²) in [6.07, 6.45) is 1.72. The van der Waals surface area contributed by atoms with Gasteiger partial charge in [0.25, 0.3) is 0 Å². The third-order valence-corrected chi connectivity index (χ3v) is 2.00. The molecule has 64 valence electrons. The van der Waals surface area contributed by atoms with Crippen molar-refractivity contribution in [3.05, 3.63) is 42.6 Å². The van der Waals surface area contributed by atoms with Gasteiger partial charge in [0, 0.05) is 11.1 Å². The largest absolute Gasteiger partial charge is 0.398 e. The maximum absolute atomic E-state index is 5.78. The first kappa shape index (κ1) is 7.80. The van der Waals surface area contributed by atoms with Crippen LogP contribution >= 0.6 is 0 Å². The molecule has 2 heteroatoms. The molecule has 0 atom stereocenters. The second-order valence-corrected chi connectivity index (χ2v) is 2.85. The number of pyridine rings is 1. The summed E-state index contributed by atoms with van der Waals surface area (Å²) in [4.78, 5) is 4.36. The van der Waals surface area contributed by atoms with Crippen molar-refractivity contribution in [2.75, 3.05) is 5.73 Å². The lowest BCUT2D eigenvalue weighted by Gasteiger charge is -2.01. The summed E-state index contributed by atoms with van der Waals surface area (Å²) in [5.74, 6) is 0. The van der Waals surface area contributed by atoms with E-state index in [1.165, 1.54) is 0 Å². The van der Waals surface area contributed by atoms with Gasteiger partial charge in [-0.05, 0) is 30.3 Å². The Morgan fingerprint density at radius 2 is 2.08 bits per heavy atom. The Bertz CT molecular complexity index is 461. The van der Waals surface area contributed by atoms with E-state index in [1.54, 1.807) is 6.08 Å². The average Bonchev–Trinajstić information content (AvgIpc) is 2.18. The third-order valence-electron chi connectivity index (χ3n) is 2.00. The standard InChI is InChI=1S/C11H10N2/c1-2-8-6-7-9-10(12)4-3-5-11(9)13-8/h2-7H,1,12H2.